The van der Waals surface area contributed by atoms with Crippen molar-refractivity contribution >= 4 is 57.9 Å². The summed E-state index contributed by atoms with van der Waals surface area (Å²) in [5.41, 5.74) is 3.10. The van der Waals surface area contributed by atoms with Crippen LogP contribution in [0.1, 0.15) is 15.9 Å². The zero-order chi connectivity index (χ0) is 17.0. The number of benzene rings is 2. The first kappa shape index (κ1) is 17.8. The van der Waals surface area contributed by atoms with Gasteiger partial charge in [0.05, 0.1) is 21.9 Å². The first-order valence-corrected chi connectivity index (χ1v) is 8.10. The largest absolute Gasteiger partial charge is 0.506 e. The summed E-state index contributed by atoms with van der Waals surface area (Å²) in [5, 5.41) is 14.0. The first-order chi connectivity index (χ1) is 10.9. The summed E-state index contributed by atoms with van der Waals surface area (Å²) in [7, 11) is 1.56. The Kier molecular flexibility index (Phi) is 6.09. The van der Waals surface area contributed by atoms with Crippen molar-refractivity contribution in [2.24, 2.45) is 5.10 Å². The summed E-state index contributed by atoms with van der Waals surface area (Å²) >= 11 is 13.7. The Morgan fingerprint density at radius 3 is 2.74 bits per heavy atom. The van der Waals surface area contributed by atoms with Gasteiger partial charge in [-0.05, 0) is 52.9 Å². The van der Waals surface area contributed by atoms with E-state index in [9.17, 15) is 9.90 Å². The van der Waals surface area contributed by atoms with E-state index in [1.165, 1.54) is 18.3 Å². The van der Waals surface area contributed by atoms with Crippen molar-refractivity contribution < 1.29 is 14.6 Å². The molecule has 0 aliphatic heterocycles. The molecule has 0 atom stereocenters. The molecule has 2 rings (SSSR count). The van der Waals surface area contributed by atoms with Crippen molar-refractivity contribution in [3.63, 3.8) is 0 Å². The lowest BCUT2D eigenvalue weighted by molar-refractivity contribution is 0.0955. The fourth-order valence-corrected chi connectivity index (χ4v) is 2.96. The lowest BCUT2D eigenvalue weighted by Crippen LogP contribution is -2.17. The molecule has 0 saturated carbocycles. The van der Waals surface area contributed by atoms with Crippen molar-refractivity contribution in [1.29, 1.82) is 0 Å². The molecule has 0 bridgehead atoms. The number of rotatable bonds is 4. The van der Waals surface area contributed by atoms with Crippen LogP contribution in [0.4, 0.5) is 0 Å². The maximum atomic E-state index is 12.0. The van der Waals surface area contributed by atoms with E-state index in [1.807, 2.05) is 0 Å². The summed E-state index contributed by atoms with van der Waals surface area (Å²) < 4.78 is 5.94. The number of ether oxygens (including phenoxy) is 1. The number of aromatic hydroxyl groups is 1. The highest BCUT2D eigenvalue weighted by molar-refractivity contribution is 14.1. The molecule has 2 aromatic carbocycles. The molecule has 0 spiro atoms. The molecule has 0 saturated heterocycles. The molecule has 0 unspecified atom stereocenters. The van der Waals surface area contributed by atoms with Crippen LogP contribution in [0.25, 0.3) is 0 Å². The van der Waals surface area contributed by atoms with Gasteiger partial charge in [0.15, 0.2) is 0 Å². The van der Waals surface area contributed by atoms with E-state index < -0.39 is 5.91 Å². The Hall–Kier alpha value is -1.51. The van der Waals surface area contributed by atoms with Crippen LogP contribution in [0, 0.1) is 3.57 Å². The maximum Gasteiger partial charge on any atom is 0.271 e. The highest BCUT2D eigenvalue weighted by Crippen LogP contribution is 2.29. The van der Waals surface area contributed by atoms with Gasteiger partial charge in [-0.3, -0.25) is 4.79 Å². The van der Waals surface area contributed by atoms with E-state index in [2.05, 4.69) is 33.1 Å². The lowest BCUT2D eigenvalue weighted by atomic mass is 10.2. The van der Waals surface area contributed by atoms with Gasteiger partial charge < -0.3 is 9.84 Å². The average Bonchev–Trinajstić information content (AvgIpc) is 2.51. The molecule has 120 valence electrons. The molecule has 2 aromatic rings. The molecule has 8 heteroatoms. The van der Waals surface area contributed by atoms with Crippen LogP contribution in [-0.2, 0) is 0 Å². The number of carbonyl (C=O) groups is 1. The Labute approximate surface area is 156 Å². The van der Waals surface area contributed by atoms with E-state index in [-0.39, 0.29) is 10.8 Å². The second-order valence-corrected chi connectivity index (χ2v) is 6.38. The number of methoxy groups -OCH3 is 1. The third-order valence-corrected chi connectivity index (χ3v) is 4.19. The molecule has 0 aliphatic carbocycles. The van der Waals surface area contributed by atoms with E-state index in [1.54, 1.807) is 25.3 Å². The molecule has 0 aromatic heterocycles. The Balaban J connectivity index is 2.11. The predicted octanol–water partition coefficient (Wildman–Crippen LogP) is 4.08. The number of phenols is 1. The third-order valence-electron chi connectivity index (χ3n) is 2.84. The van der Waals surface area contributed by atoms with E-state index in [0.717, 1.165) is 3.57 Å². The molecular formula is C15H11Cl2IN2O3. The second-order valence-electron chi connectivity index (χ2n) is 4.37. The molecular weight excluding hydrogens is 454 g/mol. The summed E-state index contributed by atoms with van der Waals surface area (Å²) in [6.07, 6.45) is 1.26. The fraction of sp³-hybridized carbons (Fsp3) is 0.0667. The highest BCUT2D eigenvalue weighted by Gasteiger charge is 2.09. The number of carbonyl (C=O) groups excluding carboxylic acids is 1. The fourth-order valence-electron chi connectivity index (χ4n) is 1.72. The summed E-state index contributed by atoms with van der Waals surface area (Å²) in [6.45, 7) is 0. The third kappa shape index (κ3) is 4.49. The SMILES string of the molecule is COc1ccc(C(=O)N/N=C/c2cc(Cl)cc(Cl)c2O)cc1I. The van der Waals surface area contributed by atoms with Gasteiger partial charge in [-0.15, -0.1) is 0 Å². The van der Waals surface area contributed by atoms with Gasteiger partial charge in [0, 0.05) is 16.1 Å². The number of halogens is 3. The average molecular weight is 465 g/mol. The summed E-state index contributed by atoms with van der Waals surface area (Å²) in [5.74, 6) is 0.131. The van der Waals surface area contributed by atoms with Crippen LogP contribution < -0.4 is 10.2 Å². The number of hydrazone groups is 1. The van der Waals surface area contributed by atoms with Crippen LogP contribution in [-0.4, -0.2) is 24.3 Å². The van der Waals surface area contributed by atoms with Gasteiger partial charge in [-0.25, -0.2) is 5.43 Å². The summed E-state index contributed by atoms with van der Waals surface area (Å²) in [6, 6.07) is 7.89. The van der Waals surface area contributed by atoms with E-state index in [0.29, 0.717) is 21.9 Å². The van der Waals surface area contributed by atoms with E-state index in [4.69, 9.17) is 27.9 Å². The Morgan fingerprint density at radius 1 is 1.35 bits per heavy atom. The van der Waals surface area contributed by atoms with Gasteiger partial charge >= 0.3 is 0 Å². The number of phenolic OH excluding ortho intramolecular Hbond substituents is 1. The maximum absolute atomic E-state index is 12.0. The number of nitrogens with one attached hydrogen (secondary N) is 1. The standard InChI is InChI=1S/C15H11Cl2IN2O3/c1-23-13-3-2-8(5-12(13)18)15(22)20-19-7-9-4-10(16)6-11(17)14(9)21/h2-7,21H,1H3,(H,20,22)/b19-7+. The van der Waals surface area contributed by atoms with Crippen molar-refractivity contribution in [3.05, 3.63) is 55.1 Å². The van der Waals surface area contributed by atoms with Gasteiger partial charge in [-0.2, -0.15) is 5.10 Å². The normalized spacial score (nSPS) is 10.8. The molecule has 0 aliphatic rings. The molecule has 2 N–H and O–H groups in total. The second kappa shape index (κ2) is 7.85. The van der Waals surface area contributed by atoms with Gasteiger partial charge in [0.2, 0.25) is 0 Å². The monoisotopic (exact) mass is 464 g/mol. The minimum Gasteiger partial charge on any atom is -0.506 e. The van der Waals surface area contributed by atoms with Crippen LogP contribution in [0.3, 0.4) is 0 Å². The zero-order valence-electron chi connectivity index (χ0n) is 11.8. The van der Waals surface area contributed by atoms with Gasteiger partial charge in [0.25, 0.3) is 5.91 Å². The topological polar surface area (TPSA) is 70.9 Å². The quantitative estimate of drug-likeness (QED) is 0.407. The zero-order valence-corrected chi connectivity index (χ0v) is 15.5. The van der Waals surface area contributed by atoms with Crippen LogP contribution in [0.15, 0.2) is 35.4 Å². The molecule has 23 heavy (non-hydrogen) atoms. The van der Waals surface area contributed by atoms with Crippen LogP contribution >= 0.6 is 45.8 Å². The predicted molar refractivity (Wildman–Crippen MR) is 98.9 cm³/mol. The van der Waals surface area contributed by atoms with E-state index >= 15 is 0 Å². The minimum atomic E-state index is -0.394. The van der Waals surface area contributed by atoms with Crippen molar-refractivity contribution in [1.82, 2.24) is 5.43 Å². The van der Waals surface area contributed by atoms with Crippen molar-refractivity contribution in [2.45, 2.75) is 0 Å². The highest BCUT2D eigenvalue weighted by atomic mass is 127. The molecule has 5 nitrogen and oxygen atoms in total. The Bertz CT molecular complexity index is 782. The van der Waals surface area contributed by atoms with Crippen LogP contribution in [0.2, 0.25) is 10.0 Å². The molecule has 0 heterocycles. The number of amides is 1. The van der Waals surface area contributed by atoms with Crippen molar-refractivity contribution in [2.75, 3.05) is 7.11 Å². The van der Waals surface area contributed by atoms with Crippen LogP contribution in [0.5, 0.6) is 11.5 Å². The van der Waals surface area contributed by atoms with Gasteiger partial charge in [0.1, 0.15) is 11.5 Å². The summed E-state index contributed by atoms with van der Waals surface area (Å²) in [4.78, 5) is 12.0. The number of hydrogen-bond acceptors (Lipinski definition) is 4. The first-order valence-electron chi connectivity index (χ1n) is 6.27. The smallest absolute Gasteiger partial charge is 0.271 e. The Morgan fingerprint density at radius 2 is 2.09 bits per heavy atom. The molecule has 1 amide bonds. The lowest BCUT2D eigenvalue weighted by Gasteiger charge is -2.05. The molecule has 0 fully saturated rings. The van der Waals surface area contributed by atoms with Gasteiger partial charge in [-0.1, -0.05) is 23.2 Å². The minimum absolute atomic E-state index is 0.106. The number of hydrogen-bond donors (Lipinski definition) is 2. The number of nitrogens with zero attached hydrogens (tertiary/aromatic N) is 1. The van der Waals surface area contributed by atoms with Crippen molar-refractivity contribution in [3.8, 4) is 11.5 Å². The molecule has 0 radical (unpaired) electrons.